The number of nitrogens with zero attached hydrogens (tertiary/aromatic N) is 2. The van der Waals surface area contributed by atoms with Crippen LogP contribution in [0.3, 0.4) is 0 Å². The Bertz CT molecular complexity index is 304. The Morgan fingerprint density at radius 3 is 2.42 bits per heavy atom. The van der Waals surface area contributed by atoms with E-state index < -0.39 is 0 Å². The molecule has 19 heavy (non-hydrogen) atoms. The van der Waals surface area contributed by atoms with Gasteiger partial charge in [0.1, 0.15) is 6.04 Å². The van der Waals surface area contributed by atoms with Crippen LogP contribution in [0.5, 0.6) is 0 Å². The maximum atomic E-state index is 12.0. The molecule has 0 aromatic heterocycles. The van der Waals surface area contributed by atoms with Gasteiger partial charge in [-0.25, -0.2) is 0 Å². The highest BCUT2D eigenvalue weighted by molar-refractivity contribution is 7.80. The van der Waals surface area contributed by atoms with E-state index in [1.807, 2.05) is 6.92 Å². The third kappa shape index (κ3) is 5.42. The Kier molecular flexibility index (Phi) is 7.27. The van der Waals surface area contributed by atoms with Crippen LogP contribution in [-0.4, -0.2) is 66.1 Å². The first-order chi connectivity index (χ1) is 9.08. The topological polar surface area (TPSA) is 58.8 Å². The molecule has 1 aliphatic heterocycles. The summed E-state index contributed by atoms with van der Waals surface area (Å²) in [4.78, 5) is 17.0. The normalized spacial score (nSPS) is 19.1. The molecule has 0 aliphatic carbocycles. The van der Waals surface area contributed by atoms with Gasteiger partial charge in [-0.05, 0) is 13.3 Å². The molecule has 1 aliphatic rings. The molecule has 0 spiro atoms. The Morgan fingerprint density at radius 1 is 1.32 bits per heavy atom. The van der Waals surface area contributed by atoms with Gasteiger partial charge in [0, 0.05) is 32.7 Å². The van der Waals surface area contributed by atoms with Crippen LogP contribution in [0.1, 0.15) is 26.7 Å². The first-order valence-corrected chi connectivity index (χ1v) is 7.40. The zero-order valence-corrected chi connectivity index (χ0v) is 12.7. The van der Waals surface area contributed by atoms with Gasteiger partial charge in [-0.2, -0.15) is 0 Å². The summed E-state index contributed by atoms with van der Waals surface area (Å²) in [5.74, 6) is -0.0906. The summed E-state index contributed by atoms with van der Waals surface area (Å²) in [6.45, 7) is 8.59. The van der Waals surface area contributed by atoms with E-state index in [0.717, 1.165) is 39.0 Å². The summed E-state index contributed by atoms with van der Waals surface area (Å²) in [7, 11) is 0. The Balaban J connectivity index is 2.49. The number of hydrogen-bond donors (Lipinski definition) is 1. The van der Waals surface area contributed by atoms with E-state index >= 15 is 0 Å². The van der Waals surface area contributed by atoms with E-state index in [-0.39, 0.29) is 12.0 Å². The van der Waals surface area contributed by atoms with E-state index in [9.17, 15) is 4.79 Å². The maximum absolute atomic E-state index is 12.0. The fourth-order valence-corrected chi connectivity index (χ4v) is 2.60. The monoisotopic (exact) mass is 287 g/mol. The molecule has 1 saturated heterocycles. The second kappa shape index (κ2) is 8.45. The molecule has 0 amide bonds. The fraction of sp³-hybridized carbons (Fsp3) is 0.846. The quantitative estimate of drug-likeness (QED) is 0.547. The lowest BCUT2D eigenvalue weighted by Crippen LogP contribution is -2.54. The summed E-state index contributed by atoms with van der Waals surface area (Å²) in [6.07, 6.45) is 1.84. The van der Waals surface area contributed by atoms with Crippen molar-refractivity contribution in [2.75, 3.05) is 39.3 Å². The first kappa shape index (κ1) is 16.3. The average molecular weight is 287 g/mol. The second-order valence-corrected chi connectivity index (χ2v) is 5.36. The number of carbonyl (C=O) groups excluding carboxylic acids is 1. The number of ether oxygens (including phenoxy) is 1. The minimum absolute atomic E-state index is 0.0906. The van der Waals surface area contributed by atoms with Crippen molar-refractivity contribution in [2.45, 2.75) is 32.7 Å². The van der Waals surface area contributed by atoms with Crippen molar-refractivity contribution in [3.63, 3.8) is 0 Å². The number of piperazine rings is 1. The standard InChI is InChI=1S/C13H25N3O2S/c1-3-5-11(13(17)18-4-2)16-8-6-15(7-9-16)10-12(14)19/h11H,3-10H2,1-2H3,(H2,14,19). The predicted octanol–water partition coefficient (Wildman–Crippen LogP) is 0.622. The fourth-order valence-electron chi connectivity index (χ4n) is 2.41. The zero-order chi connectivity index (χ0) is 14.3. The van der Waals surface area contributed by atoms with Crippen molar-refractivity contribution in [3.05, 3.63) is 0 Å². The van der Waals surface area contributed by atoms with E-state index in [4.69, 9.17) is 22.7 Å². The van der Waals surface area contributed by atoms with Gasteiger partial charge < -0.3 is 10.5 Å². The van der Waals surface area contributed by atoms with Crippen LogP contribution in [-0.2, 0) is 9.53 Å². The van der Waals surface area contributed by atoms with Gasteiger partial charge >= 0.3 is 5.97 Å². The molecule has 1 fully saturated rings. The van der Waals surface area contributed by atoms with Crippen LogP contribution >= 0.6 is 12.2 Å². The lowest BCUT2D eigenvalue weighted by atomic mass is 10.1. The molecule has 0 aromatic rings. The molecule has 1 rings (SSSR count). The van der Waals surface area contributed by atoms with Crippen LogP contribution in [0.4, 0.5) is 0 Å². The summed E-state index contributed by atoms with van der Waals surface area (Å²) in [6, 6.07) is -0.100. The number of rotatable bonds is 7. The average Bonchev–Trinajstić information content (AvgIpc) is 2.36. The molecule has 110 valence electrons. The Hall–Kier alpha value is -0.720. The van der Waals surface area contributed by atoms with E-state index in [1.165, 1.54) is 0 Å². The summed E-state index contributed by atoms with van der Waals surface area (Å²) in [5, 5.41) is 0. The maximum Gasteiger partial charge on any atom is 0.323 e. The number of thiocarbonyl (C=S) groups is 1. The lowest BCUT2D eigenvalue weighted by molar-refractivity contribution is -0.150. The smallest absolute Gasteiger partial charge is 0.323 e. The Labute approximate surface area is 121 Å². The molecule has 1 atom stereocenters. The SMILES string of the molecule is CCCC(C(=O)OCC)N1CCN(CC(N)=S)CC1. The summed E-state index contributed by atoms with van der Waals surface area (Å²) in [5.41, 5.74) is 5.56. The molecule has 2 N–H and O–H groups in total. The molecule has 1 heterocycles. The van der Waals surface area contributed by atoms with E-state index in [2.05, 4.69) is 16.7 Å². The van der Waals surface area contributed by atoms with E-state index in [0.29, 0.717) is 18.1 Å². The lowest BCUT2D eigenvalue weighted by Gasteiger charge is -2.38. The molecular formula is C13H25N3O2S. The van der Waals surface area contributed by atoms with Gasteiger partial charge in [0.15, 0.2) is 0 Å². The van der Waals surface area contributed by atoms with Gasteiger partial charge in [0.2, 0.25) is 0 Å². The molecule has 0 bridgehead atoms. The third-order valence-corrected chi connectivity index (χ3v) is 3.48. The molecule has 6 heteroatoms. The number of carbonyl (C=O) groups is 1. The molecule has 5 nitrogen and oxygen atoms in total. The molecule has 0 aromatic carbocycles. The molecule has 0 saturated carbocycles. The Morgan fingerprint density at radius 2 is 1.95 bits per heavy atom. The van der Waals surface area contributed by atoms with Crippen molar-refractivity contribution in [1.82, 2.24) is 9.80 Å². The summed E-state index contributed by atoms with van der Waals surface area (Å²) >= 11 is 4.92. The highest BCUT2D eigenvalue weighted by Crippen LogP contribution is 2.12. The highest BCUT2D eigenvalue weighted by Gasteiger charge is 2.29. The van der Waals surface area contributed by atoms with Gasteiger partial charge in [-0.3, -0.25) is 14.6 Å². The molecule has 0 radical (unpaired) electrons. The van der Waals surface area contributed by atoms with Gasteiger partial charge in [0.05, 0.1) is 11.6 Å². The van der Waals surface area contributed by atoms with Crippen molar-refractivity contribution >= 4 is 23.2 Å². The van der Waals surface area contributed by atoms with Gasteiger partial charge in [-0.15, -0.1) is 0 Å². The number of nitrogens with two attached hydrogens (primary N) is 1. The van der Waals surface area contributed by atoms with Crippen LogP contribution in [0.15, 0.2) is 0 Å². The predicted molar refractivity (Wildman–Crippen MR) is 80.1 cm³/mol. The molecule has 1 unspecified atom stereocenters. The van der Waals surface area contributed by atoms with Gasteiger partial charge in [-0.1, -0.05) is 25.6 Å². The number of hydrogen-bond acceptors (Lipinski definition) is 5. The second-order valence-electron chi connectivity index (χ2n) is 4.83. The van der Waals surface area contributed by atoms with Crippen LogP contribution in [0, 0.1) is 0 Å². The van der Waals surface area contributed by atoms with Crippen LogP contribution in [0.2, 0.25) is 0 Å². The number of esters is 1. The van der Waals surface area contributed by atoms with Crippen molar-refractivity contribution in [3.8, 4) is 0 Å². The minimum atomic E-state index is -0.100. The first-order valence-electron chi connectivity index (χ1n) is 6.99. The van der Waals surface area contributed by atoms with Gasteiger partial charge in [0.25, 0.3) is 0 Å². The third-order valence-electron chi connectivity index (χ3n) is 3.35. The van der Waals surface area contributed by atoms with Crippen LogP contribution < -0.4 is 5.73 Å². The largest absolute Gasteiger partial charge is 0.465 e. The van der Waals surface area contributed by atoms with Crippen molar-refractivity contribution in [1.29, 1.82) is 0 Å². The minimum Gasteiger partial charge on any atom is -0.465 e. The van der Waals surface area contributed by atoms with Crippen molar-refractivity contribution < 1.29 is 9.53 Å². The van der Waals surface area contributed by atoms with Crippen molar-refractivity contribution in [2.24, 2.45) is 5.73 Å². The van der Waals surface area contributed by atoms with E-state index in [1.54, 1.807) is 0 Å². The van der Waals surface area contributed by atoms with Crippen LogP contribution in [0.25, 0.3) is 0 Å². The molecular weight excluding hydrogens is 262 g/mol. The summed E-state index contributed by atoms with van der Waals surface area (Å²) < 4.78 is 5.17. The zero-order valence-electron chi connectivity index (χ0n) is 11.9. The highest BCUT2D eigenvalue weighted by atomic mass is 32.1.